The van der Waals surface area contributed by atoms with E-state index >= 15 is 0 Å². The lowest BCUT2D eigenvalue weighted by Crippen LogP contribution is -2.40. The topological polar surface area (TPSA) is 109 Å². The van der Waals surface area contributed by atoms with Crippen molar-refractivity contribution in [2.45, 2.75) is 26.8 Å². The molecule has 0 spiro atoms. The van der Waals surface area contributed by atoms with Crippen molar-refractivity contribution in [3.8, 4) is 23.0 Å². The summed E-state index contributed by atoms with van der Waals surface area (Å²) in [5, 5.41) is 10.3. The van der Waals surface area contributed by atoms with Gasteiger partial charge in [0.25, 0.3) is 5.56 Å². The second kappa shape index (κ2) is 11.6. The zero-order valence-corrected chi connectivity index (χ0v) is 24.5. The van der Waals surface area contributed by atoms with Gasteiger partial charge in [0, 0.05) is 0 Å². The number of rotatable bonds is 8. The number of esters is 1. The van der Waals surface area contributed by atoms with Gasteiger partial charge in [-0.15, -0.1) is 0 Å². The van der Waals surface area contributed by atoms with E-state index in [2.05, 4.69) is 4.99 Å². The maximum Gasteiger partial charge on any atom is 0.338 e. The van der Waals surface area contributed by atoms with Crippen LogP contribution in [0.4, 0.5) is 0 Å². The molecule has 0 amide bonds. The van der Waals surface area contributed by atoms with E-state index in [0.717, 1.165) is 0 Å². The highest BCUT2D eigenvalue weighted by atomic mass is 127. The molecule has 1 unspecified atom stereocenters. The Morgan fingerprint density at radius 3 is 2.53 bits per heavy atom. The zero-order valence-electron chi connectivity index (χ0n) is 21.5. The third-order valence-corrected chi connectivity index (χ3v) is 7.69. The predicted molar refractivity (Wildman–Crippen MR) is 152 cm³/mol. The predicted octanol–water partition coefficient (Wildman–Crippen LogP) is 3.52. The summed E-state index contributed by atoms with van der Waals surface area (Å²) in [4.78, 5) is 32.0. The second-order valence-corrected chi connectivity index (χ2v) is 10.4. The van der Waals surface area contributed by atoms with Crippen LogP contribution < -0.4 is 29.1 Å². The lowest BCUT2D eigenvalue weighted by Gasteiger charge is -2.25. The van der Waals surface area contributed by atoms with Crippen LogP contribution in [0.15, 0.2) is 51.4 Å². The SMILES string of the molecule is CCOC(=O)C1=C(C)N=c2s/c(=C/c3cc(I)c(O)c(OCC)c3)c(=O)n2C1c1ccc(OC)c(OC)c1. The summed E-state index contributed by atoms with van der Waals surface area (Å²) in [6.07, 6.45) is 1.73. The Morgan fingerprint density at radius 2 is 1.87 bits per heavy atom. The number of thiazole rings is 1. The van der Waals surface area contributed by atoms with E-state index in [-0.39, 0.29) is 23.5 Å². The Hall–Kier alpha value is -3.32. The second-order valence-electron chi connectivity index (χ2n) is 8.20. The third kappa shape index (κ3) is 5.17. The average molecular weight is 650 g/mol. The van der Waals surface area contributed by atoms with Crippen molar-refractivity contribution in [2.75, 3.05) is 27.4 Å². The van der Waals surface area contributed by atoms with Gasteiger partial charge in [0.1, 0.15) is 0 Å². The number of methoxy groups -OCH3 is 2. The van der Waals surface area contributed by atoms with Crippen molar-refractivity contribution in [3.63, 3.8) is 0 Å². The molecule has 38 heavy (non-hydrogen) atoms. The van der Waals surface area contributed by atoms with E-state index in [1.165, 1.54) is 30.1 Å². The molecule has 3 aromatic rings. The van der Waals surface area contributed by atoms with E-state index in [4.69, 9.17) is 18.9 Å². The van der Waals surface area contributed by atoms with E-state index in [0.29, 0.717) is 53.6 Å². The first-order valence-electron chi connectivity index (χ1n) is 11.8. The standard InChI is InChI=1S/C27H27IN2O7S/c1-6-36-20-11-15(10-17(28)24(20)31)12-21-25(32)30-23(16-8-9-18(34-4)19(13-16)35-5)22(26(33)37-7-2)14(3)29-27(30)38-21/h8-13,23,31H,6-7H2,1-5H3/b21-12+. The van der Waals surface area contributed by atoms with Crippen LogP contribution >= 0.6 is 33.9 Å². The zero-order chi connectivity index (χ0) is 27.6. The molecule has 0 aliphatic carbocycles. The molecule has 2 heterocycles. The molecule has 2 aromatic carbocycles. The smallest absolute Gasteiger partial charge is 0.338 e. The molecule has 200 valence electrons. The number of carbonyl (C=O) groups excluding carboxylic acids is 1. The van der Waals surface area contributed by atoms with Gasteiger partial charge >= 0.3 is 5.97 Å². The van der Waals surface area contributed by atoms with Gasteiger partial charge in [-0.2, -0.15) is 0 Å². The molecular weight excluding hydrogens is 623 g/mol. The lowest BCUT2D eigenvalue weighted by molar-refractivity contribution is -0.139. The molecular formula is C27H27IN2O7S. The Bertz CT molecular complexity index is 1610. The Labute approximate surface area is 236 Å². The number of hydrogen-bond donors (Lipinski definition) is 1. The number of hydrogen-bond acceptors (Lipinski definition) is 9. The van der Waals surface area contributed by atoms with Crippen LogP contribution in [0.25, 0.3) is 6.08 Å². The minimum absolute atomic E-state index is 0.0502. The van der Waals surface area contributed by atoms with Gasteiger partial charge in [-0.1, -0.05) is 17.4 Å². The fourth-order valence-corrected chi connectivity index (χ4v) is 5.90. The molecule has 4 rings (SSSR count). The molecule has 11 heteroatoms. The summed E-state index contributed by atoms with van der Waals surface area (Å²) in [6, 6.07) is 7.92. The fraction of sp³-hybridized carbons (Fsp3) is 0.296. The molecule has 0 saturated carbocycles. The number of halogens is 1. The van der Waals surface area contributed by atoms with Crippen molar-refractivity contribution in [2.24, 2.45) is 4.99 Å². The lowest BCUT2D eigenvalue weighted by atomic mass is 9.95. The number of phenols is 1. The number of ether oxygens (including phenoxy) is 4. The first-order valence-corrected chi connectivity index (χ1v) is 13.7. The fourth-order valence-electron chi connectivity index (χ4n) is 4.22. The highest BCUT2D eigenvalue weighted by molar-refractivity contribution is 14.1. The van der Waals surface area contributed by atoms with Crippen molar-refractivity contribution in [3.05, 3.63) is 76.0 Å². The highest BCUT2D eigenvalue weighted by Crippen LogP contribution is 2.36. The van der Waals surface area contributed by atoms with E-state index < -0.39 is 12.0 Å². The summed E-state index contributed by atoms with van der Waals surface area (Å²) >= 11 is 3.23. The van der Waals surface area contributed by atoms with Crippen LogP contribution in [0.2, 0.25) is 0 Å². The molecule has 0 bridgehead atoms. The summed E-state index contributed by atoms with van der Waals surface area (Å²) in [5.74, 6) is 0.828. The van der Waals surface area contributed by atoms with Gasteiger partial charge in [-0.3, -0.25) is 9.36 Å². The molecule has 0 radical (unpaired) electrons. The van der Waals surface area contributed by atoms with E-state index in [9.17, 15) is 14.7 Å². The number of benzene rings is 2. The Morgan fingerprint density at radius 1 is 1.13 bits per heavy atom. The van der Waals surface area contributed by atoms with Gasteiger partial charge in [0.15, 0.2) is 27.8 Å². The summed E-state index contributed by atoms with van der Waals surface area (Å²) in [7, 11) is 3.06. The monoisotopic (exact) mass is 650 g/mol. The number of allylic oxidation sites excluding steroid dienone is 1. The summed E-state index contributed by atoms with van der Waals surface area (Å²) in [6.45, 7) is 5.85. The number of nitrogens with zero attached hydrogens (tertiary/aromatic N) is 2. The number of fused-ring (bicyclic) bond motifs is 1. The van der Waals surface area contributed by atoms with E-state index in [1.54, 1.807) is 50.3 Å². The van der Waals surface area contributed by atoms with Crippen LogP contribution in [-0.4, -0.2) is 43.1 Å². The third-order valence-electron chi connectivity index (χ3n) is 5.89. The largest absolute Gasteiger partial charge is 0.504 e. The molecule has 1 atom stereocenters. The molecule has 1 aromatic heterocycles. The van der Waals surface area contributed by atoms with Crippen LogP contribution in [0, 0.1) is 3.57 Å². The first kappa shape index (κ1) is 27.7. The van der Waals surface area contributed by atoms with Crippen LogP contribution in [0.1, 0.15) is 37.9 Å². The normalized spacial score (nSPS) is 15.1. The van der Waals surface area contributed by atoms with Crippen molar-refractivity contribution in [1.82, 2.24) is 4.57 Å². The van der Waals surface area contributed by atoms with Crippen LogP contribution in [-0.2, 0) is 9.53 Å². The number of phenolic OH excluding ortho intramolecular Hbond substituents is 1. The molecule has 9 nitrogen and oxygen atoms in total. The van der Waals surface area contributed by atoms with Crippen LogP contribution in [0.3, 0.4) is 0 Å². The van der Waals surface area contributed by atoms with Crippen molar-refractivity contribution in [1.29, 1.82) is 0 Å². The van der Waals surface area contributed by atoms with E-state index in [1.807, 2.05) is 29.5 Å². The Balaban J connectivity index is 1.96. The van der Waals surface area contributed by atoms with Crippen LogP contribution in [0.5, 0.6) is 23.0 Å². The molecule has 0 saturated heterocycles. The quantitative estimate of drug-likeness (QED) is 0.294. The van der Waals surface area contributed by atoms with Gasteiger partial charge in [-0.05, 0) is 84.8 Å². The minimum atomic E-state index is -0.786. The average Bonchev–Trinajstić information content (AvgIpc) is 3.19. The maximum absolute atomic E-state index is 13.8. The summed E-state index contributed by atoms with van der Waals surface area (Å²) in [5.41, 5.74) is 1.75. The molecule has 0 fully saturated rings. The summed E-state index contributed by atoms with van der Waals surface area (Å²) < 4.78 is 24.3. The first-order chi connectivity index (χ1) is 18.2. The number of aromatic nitrogens is 1. The molecule has 1 N–H and O–H groups in total. The Kier molecular flexibility index (Phi) is 8.46. The minimum Gasteiger partial charge on any atom is -0.504 e. The van der Waals surface area contributed by atoms with Crippen molar-refractivity contribution < 1.29 is 28.8 Å². The van der Waals surface area contributed by atoms with Crippen molar-refractivity contribution >= 4 is 46.0 Å². The number of aromatic hydroxyl groups is 1. The highest BCUT2D eigenvalue weighted by Gasteiger charge is 2.34. The number of carbonyl (C=O) groups is 1. The molecule has 1 aliphatic heterocycles. The maximum atomic E-state index is 13.8. The van der Waals surface area contributed by atoms with Gasteiger partial charge < -0.3 is 24.1 Å². The van der Waals surface area contributed by atoms with Gasteiger partial charge in [0.2, 0.25) is 0 Å². The molecule has 1 aliphatic rings. The van der Waals surface area contributed by atoms with Gasteiger partial charge in [-0.25, -0.2) is 9.79 Å². The van der Waals surface area contributed by atoms with Gasteiger partial charge in [0.05, 0.1) is 52.8 Å².